The molecule has 0 unspecified atom stereocenters. The third-order valence-corrected chi connectivity index (χ3v) is 3.30. The standard InChI is InChI=1S/C17H20O/c1-3-7-17(14-8-5-4-6-9-14)15-10-12-16(18-2)13-11-15/h4-6,8-13,17H,3,7H2,1-2H3/t17-/m1/s1. The molecule has 0 N–H and O–H groups in total. The summed E-state index contributed by atoms with van der Waals surface area (Å²) < 4.78 is 5.21. The number of rotatable bonds is 5. The van der Waals surface area contributed by atoms with Gasteiger partial charge in [-0.1, -0.05) is 55.8 Å². The first-order chi connectivity index (χ1) is 8.85. The Morgan fingerprint density at radius 1 is 0.889 bits per heavy atom. The van der Waals surface area contributed by atoms with E-state index >= 15 is 0 Å². The molecule has 0 bridgehead atoms. The van der Waals surface area contributed by atoms with Crippen molar-refractivity contribution in [2.24, 2.45) is 0 Å². The van der Waals surface area contributed by atoms with Gasteiger partial charge in [0.25, 0.3) is 0 Å². The fourth-order valence-electron chi connectivity index (χ4n) is 2.34. The van der Waals surface area contributed by atoms with Gasteiger partial charge in [0.05, 0.1) is 7.11 Å². The molecular formula is C17H20O. The van der Waals surface area contributed by atoms with Gasteiger partial charge in [-0.2, -0.15) is 0 Å². The predicted octanol–water partition coefficient (Wildman–Crippen LogP) is 4.63. The summed E-state index contributed by atoms with van der Waals surface area (Å²) in [5.74, 6) is 1.41. The molecule has 1 heteroatoms. The first-order valence-electron chi connectivity index (χ1n) is 6.54. The van der Waals surface area contributed by atoms with Crippen molar-refractivity contribution in [2.45, 2.75) is 25.7 Å². The van der Waals surface area contributed by atoms with Gasteiger partial charge in [0.1, 0.15) is 5.75 Å². The van der Waals surface area contributed by atoms with Gasteiger partial charge in [0.2, 0.25) is 0 Å². The first-order valence-corrected chi connectivity index (χ1v) is 6.54. The van der Waals surface area contributed by atoms with Crippen LogP contribution in [-0.2, 0) is 0 Å². The SMILES string of the molecule is CCC[C@H](c1ccccc1)c1ccc(OC)cc1. The summed E-state index contributed by atoms with van der Waals surface area (Å²) in [7, 11) is 1.70. The molecule has 1 atom stereocenters. The van der Waals surface area contributed by atoms with Crippen LogP contribution in [0.25, 0.3) is 0 Å². The van der Waals surface area contributed by atoms with E-state index in [1.807, 2.05) is 12.1 Å². The van der Waals surface area contributed by atoms with Crippen molar-refractivity contribution in [3.8, 4) is 5.75 Å². The Labute approximate surface area is 109 Å². The molecule has 2 aromatic carbocycles. The van der Waals surface area contributed by atoms with Crippen LogP contribution in [-0.4, -0.2) is 7.11 Å². The van der Waals surface area contributed by atoms with E-state index in [2.05, 4.69) is 49.4 Å². The highest BCUT2D eigenvalue weighted by Gasteiger charge is 2.12. The van der Waals surface area contributed by atoms with Gasteiger partial charge < -0.3 is 4.74 Å². The van der Waals surface area contributed by atoms with Crippen LogP contribution in [0, 0.1) is 0 Å². The Bertz CT molecular complexity index is 459. The van der Waals surface area contributed by atoms with Gasteiger partial charge in [0, 0.05) is 5.92 Å². The second-order valence-electron chi connectivity index (χ2n) is 4.53. The van der Waals surface area contributed by atoms with Gasteiger partial charge >= 0.3 is 0 Å². The van der Waals surface area contributed by atoms with E-state index in [0.29, 0.717) is 5.92 Å². The zero-order chi connectivity index (χ0) is 12.8. The van der Waals surface area contributed by atoms with Crippen LogP contribution >= 0.6 is 0 Å². The van der Waals surface area contributed by atoms with E-state index < -0.39 is 0 Å². The van der Waals surface area contributed by atoms with E-state index in [-0.39, 0.29) is 0 Å². The summed E-state index contributed by atoms with van der Waals surface area (Å²) in [4.78, 5) is 0. The van der Waals surface area contributed by atoms with Crippen LogP contribution in [0.1, 0.15) is 36.8 Å². The Kier molecular flexibility index (Phi) is 4.40. The van der Waals surface area contributed by atoms with Gasteiger partial charge in [-0.05, 0) is 29.7 Å². The Morgan fingerprint density at radius 3 is 2.06 bits per heavy atom. The number of methoxy groups -OCH3 is 1. The Balaban J connectivity index is 2.29. The molecule has 2 aromatic rings. The minimum absolute atomic E-state index is 0.488. The van der Waals surface area contributed by atoms with Crippen molar-refractivity contribution in [1.82, 2.24) is 0 Å². The zero-order valence-electron chi connectivity index (χ0n) is 11.1. The highest BCUT2D eigenvalue weighted by Crippen LogP contribution is 2.30. The van der Waals surface area contributed by atoms with Crippen LogP contribution in [0.15, 0.2) is 54.6 Å². The molecule has 0 amide bonds. The summed E-state index contributed by atoms with van der Waals surface area (Å²) in [5.41, 5.74) is 2.76. The first kappa shape index (κ1) is 12.7. The predicted molar refractivity (Wildman–Crippen MR) is 76.2 cm³/mol. The monoisotopic (exact) mass is 240 g/mol. The lowest BCUT2D eigenvalue weighted by Crippen LogP contribution is -2.00. The van der Waals surface area contributed by atoms with Crippen molar-refractivity contribution in [3.05, 3.63) is 65.7 Å². The lowest BCUT2D eigenvalue weighted by atomic mass is 9.88. The van der Waals surface area contributed by atoms with Crippen molar-refractivity contribution in [1.29, 1.82) is 0 Å². The third kappa shape index (κ3) is 2.92. The maximum Gasteiger partial charge on any atom is 0.118 e. The number of ether oxygens (including phenoxy) is 1. The summed E-state index contributed by atoms with van der Waals surface area (Å²) >= 11 is 0. The Hall–Kier alpha value is -1.76. The van der Waals surface area contributed by atoms with E-state index in [4.69, 9.17) is 4.74 Å². The highest BCUT2D eigenvalue weighted by atomic mass is 16.5. The molecule has 18 heavy (non-hydrogen) atoms. The molecular weight excluding hydrogens is 220 g/mol. The fraction of sp³-hybridized carbons (Fsp3) is 0.294. The third-order valence-electron chi connectivity index (χ3n) is 3.30. The molecule has 0 radical (unpaired) electrons. The average molecular weight is 240 g/mol. The number of benzene rings is 2. The van der Waals surface area contributed by atoms with Crippen molar-refractivity contribution < 1.29 is 4.74 Å². The Morgan fingerprint density at radius 2 is 1.50 bits per heavy atom. The minimum Gasteiger partial charge on any atom is -0.497 e. The summed E-state index contributed by atoms with van der Waals surface area (Å²) in [6, 6.07) is 19.2. The highest BCUT2D eigenvalue weighted by molar-refractivity contribution is 5.35. The van der Waals surface area contributed by atoms with E-state index in [9.17, 15) is 0 Å². The molecule has 0 aliphatic heterocycles. The van der Waals surface area contributed by atoms with Crippen molar-refractivity contribution in [2.75, 3.05) is 7.11 Å². The molecule has 0 aliphatic rings. The van der Waals surface area contributed by atoms with Gasteiger partial charge in [-0.25, -0.2) is 0 Å². The van der Waals surface area contributed by atoms with Gasteiger partial charge in [-0.3, -0.25) is 0 Å². The summed E-state index contributed by atoms with van der Waals surface area (Å²) in [6.45, 7) is 2.24. The maximum absolute atomic E-state index is 5.21. The van der Waals surface area contributed by atoms with E-state index in [1.165, 1.54) is 24.0 Å². The molecule has 0 saturated carbocycles. The van der Waals surface area contributed by atoms with E-state index in [0.717, 1.165) is 5.75 Å². The lowest BCUT2D eigenvalue weighted by molar-refractivity contribution is 0.414. The smallest absolute Gasteiger partial charge is 0.118 e. The van der Waals surface area contributed by atoms with E-state index in [1.54, 1.807) is 7.11 Å². The minimum atomic E-state index is 0.488. The quantitative estimate of drug-likeness (QED) is 0.740. The van der Waals surface area contributed by atoms with Crippen LogP contribution < -0.4 is 4.74 Å². The topological polar surface area (TPSA) is 9.23 Å². The fourth-order valence-corrected chi connectivity index (χ4v) is 2.34. The molecule has 0 aliphatic carbocycles. The van der Waals surface area contributed by atoms with Crippen LogP contribution in [0.5, 0.6) is 5.75 Å². The molecule has 0 aromatic heterocycles. The van der Waals surface area contributed by atoms with Crippen LogP contribution in [0.4, 0.5) is 0 Å². The molecule has 0 saturated heterocycles. The van der Waals surface area contributed by atoms with Crippen molar-refractivity contribution >= 4 is 0 Å². The largest absolute Gasteiger partial charge is 0.497 e. The second-order valence-corrected chi connectivity index (χ2v) is 4.53. The summed E-state index contributed by atoms with van der Waals surface area (Å²) in [5, 5.41) is 0. The molecule has 0 heterocycles. The number of hydrogen-bond donors (Lipinski definition) is 0. The van der Waals surface area contributed by atoms with Crippen LogP contribution in [0.2, 0.25) is 0 Å². The molecule has 1 nitrogen and oxygen atoms in total. The molecule has 94 valence electrons. The number of hydrogen-bond acceptors (Lipinski definition) is 1. The normalized spacial score (nSPS) is 12.1. The second kappa shape index (κ2) is 6.25. The molecule has 0 spiro atoms. The van der Waals surface area contributed by atoms with Crippen LogP contribution in [0.3, 0.4) is 0 Å². The maximum atomic E-state index is 5.21. The zero-order valence-corrected chi connectivity index (χ0v) is 11.1. The lowest BCUT2D eigenvalue weighted by Gasteiger charge is -2.17. The molecule has 0 fully saturated rings. The van der Waals surface area contributed by atoms with Gasteiger partial charge in [-0.15, -0.1) is 0 Å². The van der Waals surface area contributed by atoms with Crippen molar-refractivity contribution in [3.63, 3.8) is 0 Å². The molecule has 2 rings (SSSR count). The average Bonchev–Trinajstić information content (AvgIpc) is 2.46. The summed E-state index contributed by atoms with van der Waals surface area (Å²) in [6.07, 6.45) is 2.36. The van der Waals surface area contributed by atoms with Gasteiger partial charge in [0.15, 0.2) is 0 Å².